The van der Waals surface area contributed by atoms with Gasteiger partial charge in [0.2, 0.25) is 0 Å². The van der Waals surface area contributed by atoms with Gasteiger partial charge in [0.1, 0.15) is 0 Å². The van der Waals surface area contributed by atoms with E-state index in [2.05, 4.69) is 5.32 Å². The number of anilines is 2. The van der Waals surface area contributed by atoms with E-state index in [-0.39, 0.29) is 0 Å². The molecule has 4 heteroatoms. The van der Waals surface area contributed by atoms with E-state index in [0.717, 1.165) is 11.4 Å². The maximum absolute atomic E-state index is 10.8. The first-order valence-electron chi connectivity index (χ1n) is 4.01. The number of nitrogens with one attached hydrogen (secondary N) is 1. The summed E-state index contributed by atoms with van der Waals surface area (Å²) in [5.74, 6) is -0.862. The van der Waals surface area contributed by atoms with Gasteiger partial charge in [-0.1, -0.05) is 12.1 Å². The number of fused-ring (bicyclic) bond motifs is 1. The van der Waals surface area contributed by atoms with E-state index in [1.54, 1.807) is 11.9 Å². The topological polar surface area (TPSA) is 52.6 Å². The van der Waals surface area contributed by atoms with Crippen molar-refractivity contribution in [3.05, 3.63) is 24.3 Å². The number of aliphatic carboxylic acids is 1. The van der Waals surface area contributed by atoms with Crippen molar-refractivity contribution in [3.8, 4) is 0 Å². The third kappa shape index (κ3) is 1.11. The molecule has 13 heavy (non-hydrogen) atoms. The highest BCUT2D eigenvalue weighted by Crippen LogP contribution is 2.32. The summed E-state index contributed by atoms with van der Waals surface area (Å²) >= 11 is 0. The van der Waals surface area contributed by atoms with Crippen LogP contribution in [0.15, 0.2) is 24.3 Å². The fourth-order valence-electron chi connectivity index (χ4n) is 1.51. The molecule has 0 saturated heterocycles. The number of nitrogens with zero attached hydrogens (tertiary/aromatic N) is 1. The molecule has 1 heterocycles. The highest BCUT2D eigenvalue weighted by atomic mass is 16.4. The molecule has 2 N–H and O–H groups in total. The number of likely N-dealkylation sites (N-methyl/N-ethyl adjacent to an activating group) is 1. The predicted molar refractivity (Wildman–Crippen MR) is 49.9 cm³/mol. The number of hydrogen-bond donors (Lipinski definition) is 2. The predicted octanol–water partition coefficient (Wildman–Crippen LogP) is 0.959. The van der Waals surface area contributed by atoms with Gasteiger partial charge in [0, 0.05) is 7.05 Å². The third-order valence-electron chi connectivity index (χ3n) is 2.20. The lowest BCUT2D eigenvalue weighted by molar-refractivity contribution is -0.137. The van der Waals surface area contributed by atoms with Gasteiger partial charge >= 0.3 is 5.97 Å². The zero-order chi connectivity index (χ0) is 9.42. The summed E-state index contributed by atoms with van der Waals surface area (Å²) < 4.78 is 0. The molecular weight excluding hydrogens is 168 g/mol. The van der Waals surface area contributed by atoms with Gasteiger partial charge in [0.15, 0.2) is 6.17 Å². The van der Waals surface area contributed by atoms with Gasteiger partial charge in [0.05, 0.1) is 11.4 Å². The number of para-hydroxylation sites is 2. The van der Waals surface area contributed by atoms with Gasteiger partial charge in [-0.3, -0.25) is 0 Å². The van der Waals surface area contributed by atoms with Crippen LogP contribution < -0.4 is 10.2 Å². The number of carboxylic acids is 1. The van der Waals surface area contributed by atoms with Crippen molar-refractivity contribution in [2.45, 2.75) is 6.17 Å². The first-order chi connectivity index (χ1) is 6.20. The molecule has 0 amide bonds. The number of rotatable bonds is 1. The molecule has 1 aliphatic heterocycles. The molecule has 1 unspecified atom stereocenters. The van der Waals surface area contributed by atoms with Crippen molar-refractivity contribution >= 4 is 17.3 Å². The van der Waals surface area contributed by atoms with Crippen LogP contribution in [0.5, 0.6) is 0 Å². The number of hydrogen-bond acceptors (Lipinski definition) is 3. The van der Waals surface area contributed by atoms with E-state index in [4.69, 9.17) is 5.11 Å². The maximum Gasteiger partial charge on any atom is 0.347 e. The zero-order valence-corrected chi connectivity index (χ0v) is 7.19. The summed E-state index contributed by atoms with van der Waals surface area (Å²) in [6, 6.07) is 7.53. The Kier molecular flexibility index (Phi) is 1.62. The Bertz CT molecular complexity index is 351. The molecule has 0 bridgehead atoms. The summed E-state index contributed by atoms with van der Waals surface area (Å²) in [5, 5.41) is 11.8. The second-order valence-corrected chi connectivity index (χ2v) is 3.01. The molecule has 0 saturated carbocycles. The van der Waals surface area contributed by atoms with Gasteiger partial charge in [-0.2, -0.15) is 0 Å². The summed E-state index contributed by atoms with van der Waals surface area (Å²) in [6.07, 6.45) is -0.641. The third-order valence-corrected chi connectivity index (χ3v) is 2.20. The molecule has 1 aromatic rings. The number of carboxylic acid groups (broad SMARTS) is 1. The van der Waals surface area contributed by atoms with Crippen LogP contribution in [0.25, 0.3) is 0 Å². The lowest BCUT2D eigenvalue weighted by Crippen LogP contribution is -2.39. The van der Waals surface area contributed by atoms with Gasteiger partial charge in [-0.05, 0) is 12.1 Å². The number of benzene rings is 1. The maximum atomic E-state index is 10.8. The molecule has 0 spiro atoms. The molecule has 1 atom stereocenters. The molecule has 0 radical (unpaired) electrons. The Morgan fingerprint density at radius 1 is 1.54 bits per heavy atom. The highest BCUT2D eigenvalue weighted by Gasteiger charge is 2.30. The van der Waals surface area contributed by atoms with Crippen molar-refractivity contribution in [1.82, 2.24) is 0 Å². The Balaban J connectivity index is 2.38. The van der Waals surface area contributed by atoms with Crippen molar-refractivity contribution in [3.63, 3.8) is 0 Å². The van der Waals surface area contributed by atoms with Crippen molar-refractivity contribution in [1.29, 1.82) is 0 Å². The second-order valence-electron chi connectivity index (χ2n) is 3.01. The highest BCUT2D eigenvalue weighted by molar-refractivity contribution is 5.89. The fraction of sp³-hybridized carbons (Fsp3) is 0.222. The monoisotopic (exact) mass is 178 g/mol. The molecule has 1 aliphatic rings. The molecule has 1 aromatic carbocycles. The van der Waals surface area contributed by atoms with Gasteiger partial charge < -0.3 is 15.3 Å². The minimum atomic E-state index is -0.862. The standard InChI is InChI=1S/C9H10N2O2/c1-11-7-5-3-2-4-6(7)10-8(11)9(12)13/h2-5,8,10H,1H3,(H,12,13). The molecule has 2 rings (SSSR count). The Hall–Kier alpha value is -1.71. The molecule has 0 aliphatic carbocycles. The van der Waals surface area contributed by atoms with Crippen molar-refractivity contribution < 1.29 is 9.90 Å². The van der Waals surface area contributed by atoms with Crippen LogP contribution in [-0.4, -0.2) is 24.3 Å². The van der Waals surface area contributed by atoms with Gasteiger partial charge in [-0.15, -0.1) is 0 Å². The van der Waals surface area contributed by atoms with E-state index >= 15 is 0 Å². The van der Waals surface area contributed by atoms with E-state index in [0.29, 0.717) is 0 Å². The molecule has 4 nitrogen and oxygen atoms in total. The van der Waals surface area contributed by atoms with Crippen LogP contribution in [0.4, 0.5) is 11.4 Å². The average molecular weight is 178 g/mol. The van der Waals surface area contributed by atoms with Crippen LogP contribution in [-0.2, 0) is 4.79 Å². The van der Waals surface area contributed by atoms with Crippen molar-refractivity contribution in [2.24, 2.45) is 0 Å². The van der Waals surface area contributed by atoms with E-state index in [1.807, 2.05) is 24.3 Å². The minimum Gasteiger partial charge on any atom is -0.478 e. The first-order valence-corrected chi connectivity index (χ1v) is 4.01. The lowest BCUT2D eigenvalue weighted by Gasteiger charge is -2.17. The fourth-order valence-corrected chi connectivity index (χ4v) is 1.51. The second kappa shape index (κ2) is 2.65. The van der Waals surface area contributed by atoms with Gasteiger partial charge in [0.25, 0.3) is 0 Å². The molecule has 0 fully saturated rings. The molecule has 68 valence electrons. The Morgan fingerprint density at radius 3 is 2.85 bits per heavy atom. The smallest absolute Gasteiger partial charge is 0.347 e. The van der Waals surface area contributed by atoms with Crippen LogP contribution >= 0.6 is 0 Å². The molecule has 0 aromatic heterocycles. The van der Waals surface area contributed by atoms with Crippen molar-refractivity contribution in [2.75, 3.05) is 17.3 Å². The van der Waals surface area contributed by atoms with Gasteiger partial charge in [-0.25, -0.2) is 4.79 Å². The molecular formula is C9H10N2O2. The van der Waals surface area contributed by atoms with Crippen LogP contribution in [0.1, 0.15) is 0 Å². The summed E-state index contributed by atoms with van der Waals surface area (Å²) in [7, 11) is 1.76. The van der Waals surface area contributed by atoms with E-state index in [1.165, 1.54) is 0 Å². The zero-order valence-electron chi connectivity index (χ0n) is 7.19. The minimum absolute atomic E-state index is 0.641. The Labute approximate surface area is 75.8 Å². The number of carbonyl (C=O) groups is 1. The van der Waals surface area contributed by atoms with Crippen LogP contribution in [0.3, 0.4) is 0 Å². The quantitative estimate of drug-likeness (QED) is 0.672. The van der Waals surface area contributed by atoms with Crippen LogP contribution in [0.2, 0.25) is 0 Å². The summed E-state index contributed by atoms with van der Waals surface area (Å²) in [4.78, 5) is 12.5. The summed E-state index contributed by atoms with van der Waals surface area (Å²) in [6.45, 7) is 0. The average Bonchev–Trinajstić information content (AvgIpc) is 2.45. The largest absolute Gasteiger partial charge is 0.478 e. The lowest BCUT2D eigenvalue weighted by atomic mass is 10.3. The Morgan fingerprint density at radius 2 is 2.23 bits per heavy atom. The van der Waals surface area contributed by atoms with E-state index < -0.39 is 12.1 Å². The SMILES string of the molecule is CN1c2ccccc2NC1C(=O)O. The first kappa shape index (κ1) is 7.91. The van der Waals surface area contributed by atoms with Crippen LogP contribution in [0, 0.1) is 0 Å². The summed E-state index contributed by atoms with van der Waals surface area (Å²) in [5.41, 5.74) is 1.80. The normalized spacial score (nSPS) is 19.5. The van der Waals surface area contributed by atoms with E-state index in [9.17, 15) is 4.79 Å².